The lowest BCUT2D eigenvalue weighted by Gasteiger charge is -2.37. The monoisotopic (exact) mass is 397 g/mol. The number of hydrogen-bond acceptors (Lipinski definition) is 3. The third-order valence-electron chi connectivity index (χ3n) is 6.12. The SMILES string of the molecule is N[C@H]1CCCC[C@@H]1CN1CCC(CC(=O)Nc2cccc(C(F)(F)F)c2)CC1. The molecule has 0 bridgehead atoms. The summed E-state index contributed by atoms with van der Waals surface area (Å²) >= 11 is 0. The van der Waals surface area contributed by atoms with E-state index in [1.54, 1.807) is 0 Å². The van der Waals surface area contributed by atoms with Gasteiger partial charge in [0.25, 0.3) is 0 Å². The smallest absolute Gasteiger partial charge is 0.327 e. The number of likely N-dealkylation sites (tertiary alicyclic amines) is 1. The molecule has 0 spiro atoms. The zero-order chi connectivity index (χ0) is 20.1. The summed E-state index contributed by atoms with van der Waals surface area (Å²) in [6.07, 6.45) is 2.67. The lowest BCUT2D eigenvalue weighted by molar-refractivity contribution is -0.137. The van der Waals surface area contributed by atoms with Crippen molar-refractivity contribution in [1.29, 1.82) is 0 Å². The lowest BCUT2D eigenvalue weighted by Crippen LogP contribution is -2.44. The maximum Gasteiger partial charge on any atom is 0.416 e. The summed E-state index contributed by atoms with van der Waals surface area (Å²) in [6, 6.07) is 5.10. The molecule has 2 atom stereocenters. The van der Waals surface area contributed by atoms with Crippen LogP contribution in [0.15, 0.2) is 24.3 Å². The van der Waals surface area contributed by atoms with Crippen molar-refractivity contribution in [3.63, 3.8) is 0 Å². The highest BCUT2D eigenvalue weighted by Crippen LogP contribution is 2.31. The van der Waals surface area contributed by atoms with Crippen LogP contribution >= 0.6 is 0 Å². The van der Waals surface area contributed by atoms with Gasteiger partial charge in [-0.15, -0.1) is 0 Å². The van der Waals surface area contributed by atoms with Gasteiger partial charge in [-0.3, -0.25) is 4.79 Å². The highest BCUT2D eigenvalue weighted by molar-refractivity contribution is 5.90. The summed E-state index contributed by atoms with van der Waals surface area (Å²) in [5.74, 6) is 0.642. The van der Waals surface area contributed by atoms with E-state index in [2.05, 4.69) is 10.2 Å². The standard InChI is InChI=1S/C21H30F3N3O/c22-21(23,24)17-5-3-6-18(13-17)26-20(28)12-15-8-10-27(11-9-15)14-16-4-1-2-7-19(16)25/h3,5-6,13,15-16,19H,1-2,4,7-12,14,25H2,(H,26,28)/t16-,19+/m1/s1. The molecule has 7 heteroatoms. The third-order valence-corrected chi connectivity index (χ3v) is 6.12. The maximum atomic E-state index is 12.8. The number of carbonyl (C=O) groups is 1. The van der Waals surface area contributed by atoms with E-state index in [0.29, 0.717) is 18.4 Å². The Hall–Kier alpha value is -1.60. The van der Waals surface area contributed by atoms with Crippen LogP contribution in [0.3, 0.4) is 0 Å². The van der Waals surface area contributed by atoms with E-state index in [4.69, 9.17) is 5.73 Å². The van der Waals surface area contributed by atoms with Gasteiger partial charge in [-0.05, 0) is 68.8 Å². The molecule has 1 saturated heterocycles. The van der Waals surface area contributed by atoms with Crippen LogP contribution in [0.5, 0.6) is 0 Å². The van der Waals surface area contributed by atoms with Gasteiger partial charge in [0, 0.05) is 24.7 Å². The molecule has 1 aliphatic carbocycles. The minimum Gasteiger partial charge on any atom is -0.327 e. The first-order chi connectivity index (χ1) is 13.3. The minimum atomic E-state index is -4.41. The Labute approximate surface area is 164 Å². The van der Waals surface area contributed by atoms with Crippen molar-refractivity contribution in [1.82, 2.24) is 4.90 Å². The molecule has 1 aliphatic heterocycles. The second-order valence-corrected chi connectivity index (χ2v) is 8.28. The van der Waals surface area contributed by atoms with Crippen LogP contribution in [0.4, 0.5) is 18.9 Å². The molecule has 0 unspecified atom stereocenters. The van der Waals surface area contributed by atoms with Crippen molar-refractivity contribution >= 4 is 11.6 Å². The van der Waals surface area contributed by atoms with E-state index >= 15 is 0 Å². The van der Waals surface area contributed by atoms with Gasteiger partial charge < -0.3 is 16.0 Å². The van der Waals surface area contributed by atoms with Crippen LogP contribution in [0.2, 0.25) is 0 Å². The number of alkyl halides is 3. The van der Waals surface area contributed by atoms with Gasteiger partial charge in [0.2, 0.25) is 5.91 Å². The summed E-state index contributed by atoms with van der Waals surface area (Å²) in [4.78, 5) is 14.7. The Kier molecular flexibility index (Phi) is 6.99. The zero-order valence-corrected chi connectivity index (χ0v) is 16.2. The van der Waals surface area contributed by atoms with E-state index in [0.717, 1.165) is 51.0 Å². The summed E-state index contributed by atoms with van der Waals surface area (Å²) in [5.41, 5.74) is 5.70. The van der Waals surface area contributed by atoms with Gasteiger partial charge >= 0.3 is 6.18 Å². The number of nitrogens with zero attached hydrogens (tertiary/aromatic N) is 1. The maximum absolute atomic E-state index is 12.8. The molecular weight excluding hydrogens is 367 g/mol. The van der Waals surface area contributed by atoms with E-state index < -0.39 is 11.7 Å². The van der Waals surface area contributed by atoms with Crippen LogP contribution in [0.1, 0.15) is 50.5 Å². The van der Waals surface area contributed by atoms with Gasteiger partial charge in [-0.25, -0.2) is 0 Å². The average molecular weight is 397 g/mol. The topological polar surface area (TPSA) is 58.4 Å². The molecule has 1 aromatic carbocycles. The van der Waals surface area contributed by atoms with E-state index in [1.165, 1.54) is 31.4 Å². The summed E-state index contributed by atoms with van der Waals surface area (Å²) in [5, 5.41) is 2.62. The van der Waals surface area contributed by atoms with Crippen molar-refractivity contribution < 1.29 is 18.0 Å². The molecule has 28 heavy (non-hydrogen) atoms. The van der Waals surface area contributed by atoms with Crippen LogP contribution in [-0.4, -0.2) is 36.5 Å². The number of hydrogen-bond donors (Lipinski definition) is 2. The molecule has 0 aromatic heterocycles. The molecule has 0 radical (unpaired) electrons. The highest BCUT2D eigenvalue weighted by Gasteiger charge is 2.31. The Morgan fingerprint density at radius 3 is 2.54 bits per heavy atom. The number of piperidine rings is 1. The van der Waals surface area contributed by atoms with Crippen LogP contribution in [0, 0.1) is 11.8 Å². The normalized spacial score (nSPS) is 24.9. The summed E-state index contributed by atoms with van der Waals surface area (Å²) in [7, 11) is 0. The van der Waals surface area contributed by atoms with Gasteiger partial charge in [0.1, 0.15) is 0 Å². The second kappa shape index (κ2) is 9.27. The number of carbonyl (C=O) groups excluding carboxylic acids is 1. The number of nitrogens with two attached hydrogens (primary N) is 1. The average Bonchev–Trinajstić information content (AvgIpc) is 2.65. The number of rotatable bonds is 5. The molecule has 2 fully saturated rings. The number of benzene rings is 1. The van der Waals surface area contributed by atoms with Crippen LogP contribution < -0.4 is 11.1 Å². The largest absolute Gasteiger partial charge is 0.416 e. The predicted octanol–water partition coefficient (Wildman–Crippen LogP) is 4.26. The van der Waals surface area contributed by atoms with Gasteiger partial charge in [-0.2, -0.15) is 13.2 Å². The van der Waals surface area contributed by atoms with Crippen molar-refractivity contribution in [2.75, 3.05) is 25.0 Å². The first-order valence-electron chi connectivity index (χ1n) is 10.3. The molecule has 3 rings (SSSR count). The molecule has 1 aromatic rings. The van der Waals surface area contributed by atoms with Crippen molar-refractivity contribution in [2.45, 2.75) is 57.2 Å². The molecule has 4 nitrogen and oxygen atoms in total. The fraction of sp³-hybridized carbons (Fsp3) is 0.667. The zero-order valence-electron chi connectivity index (χ0n) is 16.2. The number of amides is 1. The van der Waals surface area contributed by atoms with Crippen molar-refractivity contribution in [2.24, 2.45) is 17.6 Å². The van der Waals surface area contributed by atoms with Gasteiger partial charge in [0.05, 0.1) is 5.56 Å². The Morgan fingerprint density at radius 2 is 1.86 bits per heavy atom. The fourth-order valence-electron chi connectivity index (χ4n) is 4.42. The summed E-state index contributed by atoms with van der Waals surface area (Å²) < 4.78 is 38.3. The second-order valence-electron chi connectivity index (χ2n) is 8.28. The van der Waals surface area contributed by atoms with E-state index in [1.807, 2.05) is 0 Å². The van der Waals surface area contributed by atoms with Crippen LogP contribution in [0.25, 0.3) is 0 Å². The molecule has 2 aliphatic rings. The van der Waals surface area contributed by atoms with Crippen molar-refractivity contribution in [3.8, 4) is 0 Å². The first kappa shape index (κ1) is 21.1. The number of nitrogens with one attached hydrogen (secondary N) is 1. The molecule has 1 heterocycles. The fourth-order valence-corrected chi connectivity index (χ4v) is 4.42. The van der Waals surface area contributed by atoms with Gasteiger partial charge in [-0.1, -0.05) is 18.9 Å². The third kappa shape index (κ3) is 5.95. The Morgan fingerprint density at radius 1 is 1.14 bits per heavy atom. The molecular formula is C21H30F3N3O. The lowest BCUT2D eigenvalue weighted by atomic mass is 9.84. The van der Waals surface area contributed by atoms with Gasteiger partial charge in [0.15, 0.2) is 0 Å². The van der Waals surface area contributed by atoms with E-state index in [9.17, 15) is 18.0 Å². The van der Waals surface area contributed by atoms with Crippen molar-refractivity contribution in [3.05, 3.63) is 29.8 Å². The van der Waals surface area contributed by atoms with Crippen LogP contribution in [-0.2, 0) is 11.0 Å². The molecule has 3 N–H and O–H groups in total. The predicted molar refractivity (Wildman–Crippen MR) is 104 cm³/mol. The molecule has 1 saturated carbocycles. The van der Waals surface area contributed by atoms with E-state index in [-0.39, 0.29) is 17.5 Å². The number of anilines is 1. The molecule has 1 amide bonds. The Bertz CT molecular complexity index is 657. The first-order valence-corrected chi connectivity index (χ1v) is 10.3. The quantitative estimate of drug-likeness (QED) is 0.780. The highest BCUT2D eigenvalue weighted by atomic mass is 19.4. The summed E-state index contributed by atoms with van der Waals surface area (Å²) in [6.45, 7) is 2.97. The Balaban J connectivity index is 1.42. The molecule has 156 valence electrons. The minimum absolute atomic E-state index is 0.198. The number of halogens is 3.